The number of likely N-dealkylation sites (N-methyl/N-ethyl adjacent to an activating group) is 1. The van der Waals surface area contributed by atoms with Gasteiger partial charge >= 0.3 is 0 Å². The molecule has 0 aromatic rings. The van der Waals surface area contributed by atoms with Gasteiger partial charge in [-0.2, -0.15) is 11.8 Å². The molecule has 0 aliphatic carbocycles. The number of hydrogen-bond acceptors (Lipinski definition) is 3. The largest absolute Gasteiger partial charge is 0.298 e. The summed E-state index contributed by atoms with van der Waals surface area (Å²) in [4.78, 5) is 13.4. The molecule has 0 bridgehead atoms. The first-order valence-corrected chi connectivity index (χ1v) is 6.07. The molecule has 13 heavy (non-hydrogen) atoms. The van der Waals surface area contributed by atoms with Crippen molar-refractivity contribution < 1.29 is 4.79 Å². The molecule has 0 spiro atoms. The quantitative estimate of drug-likeness (QED) is 0.591. The van der Waals surface area contributed by atoms with Gasteiger partial charge in [0.25, 0.3) is 0 Å². The molecular formula is C10H21NOS. The average Bonchev–Trinajstić information content (AvgIpc) is 2.11. The molecule has 0 aromatic heterocycles. The van der Waals surface area contributed by atoms with Crippen molar-refractivity contribution >= 4 is 17.5 Å². The Bertz CT molecular complexity index is 150. The van der Waals surface area contributed by atoms with Crippen LogP contribution in [0.3, 0.4) is 0 Å². The smallest absolute Gasteiger partial charge is 0.146 e. The average molecular weight is 203 g/mol. The lowest BCUT2D eigenvalue weighted by molar-refractivity contribution is -0.121. The molecule has 0 saturated carbocycles. The van der Waals surface area contributed by atoms with E-state index >= 15 is 0 Å². The van der Waals surface area contributed by atoms with E-state index in [2.05, 4.69) is 18.7 Å². The summed E-state index contributed by atoms with van der Waals surface area (Å²) in [6.45, 7) is 6.87. The molecule has 0 fully saturated rings. The summed E-state index contributed by atoms with van der Waals surface area (Å²) in [5, 5.41) is 0. The molecule has 0 unspecified atom stereocenters. The Morgan fingerprint density at radius 1 is 1.46 bits per heavy atom. The van der Waals surface area contributed by atoms with E-state index in [1.807, 2.05) is 18.8 Å². The van der Waals surface area contributed by atoms with Crippen molar-refractivity contribution in [2.45, 2.75) is 33.2 Å². The second-order valence-corrected chi connectivity index (χ2v) is 4.58. The molecular weight excluding hydrogens is 182 g/mol. The Morgan fingerprint density at radius 3 is 2.46 bits per heavy atom. The lowest BCUT2D eigenvalue weighted by Gasteiger charge is -2.24. The molecule has 0 rings (SSSR count). The van der Waals surface area contributed by atoms with Crippen LogP contribution in [0.1, 0.15) is 27.2 Å². The van der Waals surface area contributed by atoms with E-state index in [0.29, 0.717) is 5.78 Å². The molecule has 0 aliphatic rings. The summed E-state index contributed by atoms with van der Waals surface area (Å²) in [5.41, 5.74) is 0. The van der Waals surface area contributed by atoms with E-state index in [-0.39, 0.29) is 6.04 Å². The number of hydrogen-bond donors (Lipinski definition) is 0. The third kappa shape index (κ3) is 5.32. The standard InChI is InChI=1S/C10H21NOS/c1-5-11(4)10(9(3)12)7-8-13-6-2/h10H,5-8H2,1-4H3/t10-/m0/s1. The van der Waals surface area contributed by atoms with Gasteiger partial charge < -0.3 is 0 Å². The fourth-order valence-electron chi connectivity index (χ4n) is 1.29. The van der Waals surface area contributed by atoms with E-state index in [9.17, 15) is 4.79 Å². The van der Waals surface area contributed by atoms with Crippen LogP contribution in [0.4, 0.5) is 0 Å². The van der Waals surface area contributed by atoms with Gasteiger partial charge in [-0.05, 0) is 38.4 Å². The van der Waals surface area contributed by atoms with Crippen molar-refractivity contribution in [3.8, 4) is 0 Å². The maximum atomic E-state index is 11.3. The van der Waals surface area contributed by atoms with Crippen LogP contribution in [-0.2, 0) is 4.79 Å². The van der Waals surface area contributed by atoms with Crippen molar-refractivity contribution in [2.24, 2.45) is 0 Å². The highest BCUT2D eigenvalue weighted by molar-refractivity contribution is 7.99. The van der Waals surface area contributed by atoms with Gasteiger partial charge in [0.1, 0.15) is 5.78 Å². The predicted molar refractivity (Wildman–Crippen MR) is 60.4 cm³/mol. The van der Waals surface area contributed by atoms with Crippen LogP contribution in [0.15, 0.2) is 0 Å². The van der Waals surface area contributed by atoms with E-state index < -0.39 is 0 Å². The third-order valence-corrected chi connectivity index (χ3v) is 3.17. The fourth-order valence-corrected chi connectivity index (χ4v) is 1.97. The Labute approximate surface area is 86.1 Å². The fraction of sp³-hybridized carbons (Fsp3) is 0.900. The normalized spacial score (nSPS) is 13.3. The highest BCUT2D eigenvalue weighted by Crippen LogP contribution is 2.09. The van der Waals surface area contributed by atoms with E-state index in [0.717, 1.165) is 24.5 Å². The molecule has 0 aliphatic heterocycles. The van der Waals surface area contributed by atoms with Crippen LogP contribution in [-0.4, -0.2) is 41.8 Å². The second-order valence-electron chi connectivity index (χ2n) is 3.19. The van der Waals surface area contributed by atoms with Gasteiger partial charge in [0.05, 0.1) is 6.04 Å². The van der Waals surface area contributed by atoms with E-state index in [1.54, 1.807) is 6.92 Å². The number of carbonyl (C=O) groups excluding carboxylic acids is 1. The number of nitrogens with zero attached hydrogens (tertiary/aromatic N) is 1. The zero-order valence-electron chi connectivity index (χ0n) is 9.17. The Hall–Kier alpha value is -0.0200. The van der Waals surface area contributed by atoms with E-state index in [1.165, 1.54) is 0 Å². The third-order valence-electron chi connectivity index (χ3n) is 2.24. The highest BCUT2D eigenvalue weighted by Gasteiger charge is 2.17. The van der Waals surface area contributed by atoms with Crippen LogP contribution in [0.2, 0.25) is 0 Å². The molecule has 3 heteroatoms. The summed E-state index contributed by atoms with van der Waals surface area (Å²) in [6.07, 6.45) is 0.984. The van der Waals surface area contributed by atoms with Crippen molar-refractivity contribution in [3.05, 3.63) is 0 Å². The maximum Gasteiger partial charge on any atom is 0.146 e. The van der Waals surface area contributed by atoms with Crippen molar-refractivity contribution in [1.29, 1.82) is 0 Å². The van der Waals surface area contributed by atoms with E-state index in [4.69, 9.17) is 0 Å². The Balaban J connectivity index is 3.88. The topological polar surface area (TPSA) is 20.3 Å². The maximum absolute atomic E-state index is 11.3. The molecule has 0 amide bonds. The molecule has 1 atom stereocenters. The first kappa shape index (κ1) is 13.0. The minimum Gasteiger partial charge on any atom is -0.298 e. The molecule has 78 valence electrons. The van der Waals surface area contributed by atoms with Gasteiger partial charge in [0.15, 0.2) is 0 Å². The number of Topliss-reactive ketones (excluding diaryl/α,β-unsaturated/α-hetero) is 1. The first-order valence-electron chi connectivity index (χ1n) is 4.91. The summed E-state index contributed by atoms with van der Waals surface area (Å²) < 4.78 is 0. The SMILES string of the molecule is CCSCC[C@@H](C(C)=O)N(C)CC. The zero-order valence-corrected chi connectivity index (χ0v) is 9.99. The second kappa shape index (κ2) is 7.39. The molecule has 0 radical (unpaired) electrons. The van der Waals surface area contributed by atoms with Crippen LogP contribution in [0, 0.1) is 0 Å². The number of thioether (sulfide) groups is 1. The monoisotopic (exact) mass is 203 g/mol. The van der Waals surface area contributed by atoms with Crippen LogP contribution in [0.5, 0.6) is 0 Å². The Kier molecular flexibility index (Phi) is 7.38. The lowest BCUT2D eigenvalue weighted by atomic mass is 10.1. The van der Waals surface area contributed by atoms with Crippen LogP contribution in [0.25, 0.3) is 0 Å². The number of rotatable bonds is 7. The van der Waals surface area contributed by atoms with Gasteiger partial charge in [0, 0.05) is 0 Å². The predicted octanol–water partition coefficient (Wildman–Crippen LogP) is 2.04. The molecule has 0 saturated heterocycles. The van der Waals surface area contributed by atoms with Gasteiger partial charge in [-0.25, -0.2) is 0 Å². The summed E-state index contributed by atoms with van der Waals surface area (Å²) >= 11 is 1.90. The Morgan fingerprint density at radius 2 is 2.08 bits per heavy atom. The molecule has 0 N–H and O–H groups in total. The van der Waals surface area contributed by atoms with Gasteiger partial charge in [-0.1, -0.05) is 13.8 Å². The van der Waals surface area contributed by atoms with Gasteiger partial charge in [-0.15, -0.1) is 0 Å². The van der Waals surface area contributed by atoms with Gasteiger partial charge in [-0.3, -0.25) is 9.69 Å². The van der Waals surface area contributed by atoms with Crippen LogP contribution >= 0.6 is 11.8 Å². The van der Waals surface area contributed by atoms with Crippen LogP contribution < -0.4 is 0 Å². The molecule has 2 nitrogen and oxygen atoms in total. The number of carbonyl (C=O) groups is 1. The first-order chi connectivity index (χ1) is 6.13. The van der Waals surface area contributed by atoms with Crippen molar-refractivity contribution in [2.75, 3.05) is 25.1 Å². The lowest BCUT2D eigenvalue weighted by Crippen LogP contribution is -2.37. The minimum atomic E-state index is 0.129. The van der Waals surface area contributed by atoms with Crippen molar-refractivity contribution in [1.82, 2.24) is 4.90 Å². The van der Waals surface area contributed by atoms with Crippen molar-refractivity contribution in [3.63, 3.8) is 0 Å². The van der Waals surface area contributed by atoms with Gasteiger partial charge in [0.2, 0.25) is 0 Å². The molecule has 0 aromatic carbocycles. The summed E-state index contributed by atoms with van der Waals surface area (Å²) in [7, 11) is 2.02. The highest BCUT2D eigenvalue weighted by atomic mass is 32.2. The summed E-state index contributed by atoms with van der Waals surface area (Å²) in [6, 6.07) is 0.129. The minimum absolute atomic E-state index is 0.129. The number of ketones is 1. The summed E-state index contributed by atoms with van der Waals surface area (Å²) in [5.74, 6) is 2.52. The molecule has 0 heterocycles. The zero-order chi connectivity index (χ0) is 10.3.